The Hall–Kier alpha value is -2.52. The van der Waals surface area contributed by atoms with E-state index < -0.39 is 27.8 Å². The van der Waals surface area contributed by atoms with Gasteiger partial charge in [-0.15, -0.1) is 11.3 Å². The van der Waals surface area contributed by atoms with Gasteiger partial charge in [-0.25, -0.2) is 4.79 Å². The van der Waals surface area contributed by atoms with Gasteiger partial charge in [0, 0.05) is 40.7 Å². The summed E-state index contributed by atoms with van der Waals surface area (Å²) in [6.07, 6.45) is -0.0744. The number of carbonyl (C=O) groups excluding carboxylic acids is 1. The fraction of sp³-hybridized carbons (Fsp3) is 0.444. The number of carboxylic acid groups (broad SMARTS) is 1. The lowest BCUT2D eigenvalue weighted by Gasteiger charge is -2.58. The molecule has 1 aromatic carbocycles. The lowest BCUT2D eigenvalue weighted by atomic mass is 9.54. The van der Waals surface area contributed by atoms with Crippen molar-refractivity contribution in [2.24, 2.45) is 5.41 Å². The van der Waals surface area contributed by atoms with Crippen LogP contribution in [0.2, 0.25) is 0 Å². The molecule has 27 heavy (non-hydrogen) atoms. The molecule has 0 bridgehead atoms. The summed E-state index contributed by atoms with van der Waals surface area (Å²) < 4.78 is 6.31. The predicted octanol–water partition coefficient (Wildman–Crippen LogP) is 3.20. The minimum Gasteiger partial charge on any atom is -0.479 e. The van der Waals surface area contributed by atoms with Crippen molar-refractivity contribution in [1.29, 1.82) is 0 Å². The zero-order chi connectivity index (χ0) is 20.0. The van der Waals surface area contributed by atoms with Gasteiger partial charge in [-0.3, -0.25) is 14.9 Å². The Balaban J connectivity index is 1.88. The molecule has 1 aliphatic rings. The van der Waals surface area contributed by atoms with E-state index in [1.54, 1.807) is 26.0 Å². The molecule has 2 unspecified atom stereocenters. The number of carboxylic acids is 1. The van der Waals surface area contributed by atoms with Gasteiger partial charge >= 0.3 is 5.97 Å². The summed E-state index contributed by atoms with van der Waals surface area (Å²) in [6.45, 7) is 5.83. The van der Waals surface area contributed by atoms with E-state index in [1.165, 1.54) is 23.5 Å². The molecule has 3 rings (SSSR count). The molecule has 1 amide bonds. The number of rotatable bonds is 6. The van der Waals surface area contributed by atoms with Crippen molar-refractivity contribution in [2.75, 3.05) is 6.61 Å². The number of nitro groups is 1. The van der Waals surface area contributed by atoms with Crippen molar-refractivity contribution in [3.63, 3.8) is 0 Å². The van der Waals surface area contributed by atoms with E-state index in [2.05, 4.69) is 5.32 Å². The van der Waals surface area contributed by atoms with Crippen molar-refractivity contribution in [3.05, 3.63) is 39.3 Å². The van der Waals surface area contributed by atoms with Crippen molar-refractivity contribution in [1.82, 2.24) is 5.32 Å². The number of nitro benzene ring substituents is 1. The third-order valence-electron chi connectivity index (χ3n) is 5.39. The van der Waals surface area contributed by atoms with Gasteiger partial charge in [0.25, 0.3) is 11.6 Å². The number of aliphatic carboxylic acids is 1. The van der Waals surface area contributed by atoms with Crippen molar-refractivity contribution in [2.45, 2.75) is 38.8 Å². The Kier molecular flexibility index (Phi) is 4.69. The molecular formula is C18H20N2O6S. The molecule has 1 fully saturated rings. The molecule has 2 aromatic rings. The number of hydrogen-bond acceptors (Lipinski definition) is 6. The second-order valence-electron chi connectivity index (χ2n) is 7.12. The number of non-ortho nitro benzene ring substituents is 1. The molecule has 1 saturated carbocycles. The molecule has 144 valence electrons. The maximum absolute atomic E-state index is 12.8. The number of fused-ring (bicyclic) bond motifs is 1. The third-order valence-corrected chi connectivity index (χ3v) is 6.51. The third kappa shape index (κ3) is 2.96. The smallest absolute Gasteiger partial charge is 0.330 e. The van der Waals surface area contributed by atoms with E-state index in [0.717, 1.165) is 4.70 Å². The minimum absolute atomic E-state index is 0.0612. The Morgan fingerprint density at radius 1 is 1.41 bits per heavy atom. The highest BCUT2D eigenvalue weighted by Gasteiger charge is 2.66. The highest BCUT2D eigenvalue weighted by Crippen LogP contribution is 2.51. The highest BCUT2D eigenvalue weighted by atomic mass is 32.1. The summed E-state index contributed by atoms with van der Waals surface area (Å²) in [5.74, 6) is -1.61. The van der Waals surface area contributed by atoms with Gasteiger partial charge in [-0.1, -0.05) is 13.8 Å². The molecule has 1 aromatic heterocycles. The fourth-order valence-corrected chi connectivity index (χ4v) is 4.49. The van der Waals surface area contributed by atoms with E-state index >= 15 is 0 Å². The second-order valence-corrected chi connectivity index (χ2v) is 8.21. The van der Waals surface area contributed by atoms with E-state index in [9.17, 15) is 24.8 Å². The number of carbonyl (C=O) groups is 2. The van der Waals surface area contributed by atoms with Gasteiger partial charge < -0.3 is 15.2 Å². The quantitative estimate of drug-likeness (QED) is 0.576. The number of nitrogens with one attached hydrogen (secondary N) is 1. The molecule has 9 heteroatoms. The van der Waals surface area contributed by atoms with Crippen LogP contribution in [0.15, 0.2) is 24.3 Å². The van der Waals surface area contributed by atoms with Crippen LogP contribution in [0.25, 0.3) is 10.1 Å². The van der Waals surface area contributed by atoms with Crippen LogP contribution in [0, 0.1) is 15.5 Å². The number of benzene rings is 1. The van der Waals surface area contributed by atoms with Crippen LogP contribution in [-0.4, -0.2) is 40.2 Å². The first-order valence-electron chi connectivity index (χ1n) is 8.48. The molecule has 0 radical (unpaired) electrons. The monoisotopic (exact) mass is 392 g/mol. The Bertz CT molecular complexity index is 937. The van der Waals surface area contributed by atoms with E-state index in [-0.39, 0.29) is 18.2 Å². The number of nitrogens with zero attached hydrogens (tertiary/aromatic N) is 1. The molecule has 1 heterocycles. The second kappa shape index (κ2) is 6.58. The summed E-state index contributed by atoms with van der Waals surface area (Å²) in [5.41, 5.74) is -2.26. The van der Waals surface area contributed by atoms with Crippen molar-refractivity contribution >= 4 is 39.0 Å². The van der Waals surface area contributed by atoms with Crippen LogP contribution in [0.1, 0.15) is 36.9 Å². The molecule has 1 aliphatic carbocycles. The van der Waals surface area contributed by atoms with Gasteiger partial charge in [-0.05, 0) is 19.1 Å². The predicted molar refractivity (Wildman–Crippen MR) is 100 cm³/mol. The standard InChI is InChI=1S/C18H20N2O6S/c1-4-26-14-9-18(16(22)23,17(14,2)3)19-15(21)13-8-10-7-11(20(24)25)5-6-12(10)27-13/h5-8,14H,4,9H2,1-3H3,(H,19,21)(H,22,23). The summed E-state index contributed by atoms with van der Waals surface area (Å²) >= 11 is 1.17. The molecule has 2 N–H and O–H groups in total. The number of thiophene rings is 1. The van der Waals surface area contributed by atoms with Crippen LogP contribution in [0.4, 0.5) is 5.69 Å². The Morgan fingerprint density at radius 2 is 2.11 bits per heavy atom. The summed E-state index contributed by atoms with van der Waals surface area (Å²) in [7, 11) is 0. The van der Waals surface area contributed by atoms with Gasteiger partial charge in [0.15, 0.2) is 0 Å². The topological polar surface area (TPSA) is 119 Å². The Labute approximate surface area is 159 Å². The average Bonchev–Trinajstić information content (AvgIpc) is 3.03. The van der Waals surface area contributed by atoms with Gasteiger partial charge in [0.05, 0.1) is 15.9 Å². The number of ether oxygens (including phenoxy) is 1. The SMILES string of the molecule is CCOC1CC(NC(=O)c2cc3cc([N+](=O)[O-])ccc3s2)(C(=O)O)C1(C)C. The Morgan fingerprint density at radius 3 is 2.67 bits per heavy atom. The van der Waals surface area contributed by atoms with Gasteiger partial charge in [0.2, 0.25) is 0 Å². The van der Waals surface area contributed by atoms with Crippen molar-refractivity contribution < 1.29 is 24.4 Å². The minimum atomic E-state index is -1.42. The van der Waals surface area contributed by atoms with Crippen LogP contribution < -0.4 is 5.32 Å². The largest absolute Gasteiger partial charge is 0.479 e. The fourth-order valence-electron chi connectivity index (χ4n) is 3.55. The van der Waals surface area contributed by atoms with Crippen LogP contribution in [0.3, 0.4) is 0 Å². The molecule has 0 spiro atoms. The molecule has 0 saturated heterocycles. The molecular weight excluding hydrogens is 372 g/mol. The van der Waals surface area contributed by atoms with E-state index in [4.69, 9.17) is 4.74 Å². The number of hydrogen-bond donors (Lipinski definition) is 2. The summed E-state index contributed by atoms with van der Waals surface area (Å²) in [6, 6.07) is 5.90. The zero-order valence-corrected chi connectivity index (χ0v) is 16.0. The van der Waals surface area contributed by atoms with Crippen LogP contribution >= 0.6 is 11.3 Å². The average molecular weight is 392 g/mol. The van der Waals surface area contributed by atoms with E-state index in [0.29, 0.717) is 16.9 Å². The highest BCUT2D eigenvalue weighted by molar-refractivity contribution is 7.20. The lowest BCUT2D eigenvalue weighted by Crippen LogP contribution is -2.76. The first-order chi connectivity index (χ1) is 12.6. The summed E-state index contributed by atoms with van der Waals surface area (Å²) in [4.78, 5) is 35.5. The van der Waals surface area contributed by atoms with Gasteiger partial charge in [-0.2, -0.15) is 0 Å². The zero-order valence-electron chi connectivity index (χ0n) is 15.1. The first-order valence-corrected chi connectivity index (χ1v) is 9.29. The van der Waals surface area contributed by atoms with Crippen LogP contribution in [0.5, 0.6) is 0 Å². The molecule has 0 aliphatic heterocycles. The van der Waals surface area contributed by atoms with Gasteiger partial charge in [0.1, 0.15) is 5.54 Å². The lowest BCUT2D eigenvalue weighted by molar-refractivity contribution is -0.384. The molecule has 2 atom stereocenters. The first kappa shape index (κ1) is 19.2. The van der Waals surface area contributed by atoms with Crippen molar-refractivity contribution in [3.8, 4) is 0 Å². The maximum Gasteiger partial charge on any atom is 0.330 e. The van der Waals surface area contributed by atoms with Crippen LogP contribution in [-0.2, 0) is 9.53 Å². The maximum atomic E-state index is 12.8. The normalized spacial score (nSPS) is 23.6. The van der Waals surface area contributed by atoms with E-state index in [1.807, 2.05) is 6.92 Å². The summed E-state index contributed by atoms with van der Waals surface area (Å²) in [5, 5.41) is 24.0. The molecule has 8 nitrogen and oxygen atoms in total. The number of amides is 1.